The summed E-state index contributed by atoms with van der Waals surface area (Å²) >= 11 is 6.23. The smallest absolute Gasteiger partial charge is 0.0454 e. The second-order valence-electron chi connectivity index (χ2n) is 5.09. The number of hydrogen-bond acceptors (Lipinski definition) is 1. The molecule has 0 aliphatic carbocycles. The van der Waals surface area contributed by atoms with Crippen LogP contribution in [-0.2, 0) is 5.41 Å². The summed E-state index contributed by atoms with van der Waals surface area (Å²) in [5.74, 6) is 0. The Hall–Kier alpha value is -1.31. The largest absolute Gasteiger partial charge is 0.323 e. The first-order valence-corrected chi connectivity index (χ1v) is 6.47. The molecule has 1 unspecified atom stereocenters. The minimum atomic E-state index is -0.160. The minimum absolute atomic E-state index is 0.131. The monoisotopic (exact) mass is 259 g/mol. The summed E-state index contributed by atoms with van der Waals surface area (Å²) in [4.78, 5) is 0. The fourth-order valence-corrected chi connectivity index (χ4v) is 2.42. The molecule has 0 heterocycles. The van der Waals surface area contributed by atoms with Crippen LogP contribution in [0.5, 0.6) is 0 Å². The van der Waals surface area contributed by atoms with E-state index in [1.807, 2.05) is 42.5 Å². The molecule has 18 heavy (non-hydrogen) atoms. The van der Waals surface area contributed by atoms with Gasteiger partial charge in [-0.15, -0.1) is 0 Å². The first-order valence-electron chi connectivity index (χ1n) is 6.09. The number of benzene rings is 2. The van der Waals surface area contributed by atoms with Crippen molar-refractivity contribution in [1.82, 2.24) is 0 Å². The molecule has 0 aliphatic heterocycles. The van der Waals surface area contributed by atoms with Gasteiger partial charge in [0.05, 0.1) is 0 Å². The van der Waals surface area contributed by atoms with Gasteiger partial charge in [-0.1, -0.05) is 74.0 Å². The van der Waals surface area contributed by atoms with Crippen LogP contribution in [0, 0.1) is 0 Å². The summed E-state index contributed by atoms with van der Waals surface area (Å²) in [6, 6.07) is 18.0. The predicted molar refractivity (Wildman–Crippen MR) is 77.8 cm³/mol. The van der Waals surface area contributed by atoms with Crippen molar-refractivity contribution in [2.24, 2.45) is 5.73 Å². The van der Waals surface area contributed by atoms with Crippen LogP contribution in [0.4, 0.5) is 0 Å². The zero-order valence-corrected chi connectivity index (χ0v) is 11.5. The summed E-state index contributed by atoms with van der Waals surface area (Å²) < 4.78 is 0. The van der Waals surface area contributed by atoms with Gasteiger partial charge in [-0.3, -0.25) is 0 Å². The molecule has 94 valence electrons. The van der Waals surface area contributed by atoms with Gasteiger partial charge in [-0.25, -0.2) is 0 Å². The summed E-state index contributed by atoms with van der Waals surface area (Å²) in [7, 11) is 0. The third-order valence-electron chi connectivity index (χ3n) is 3.54. The number of rotatable bonds is 3. The molecule has 0 saturated carbocycles. The molecule has 0 spiro atoms. The van der Waals surface area contributed by atoms with Gasteiger partial charge in [0.25, 0.3) is 0 Å². The average molecular weight is 260 g/mol. The van der Waals surface area contributed by atoms with Crippen LogP contribution in [0.2, 0.25) is 5.02 Å². The molecule has 2 rings (SSSR count). The Balaban J connectivity index is 2.39. The first kappa shape index (κ1) is 13.1. The number of nitrogens with two attached hydrogens (primary N) is 1. The summed E-state index contributed by atoms with van der Waals surface area (Å²) in [6.07, 6.45) is 0. The van der Waals surface area contributed by atoms with Gasteiger partial charge in [0, 0.05) is 16.5 Å². The fourth-order valence-electron chi connectivity index (χ4n) is 2.16. The quantitative estimate of drug-likeness (QED) is 0.873. The fraction of sp³-hybridized carbons (Fsp3) is 0.250. The van der Waals surface area contributed by atoms with Gasteiger partial charge in [-0.2, -0.15) is 0 Å². The molecule has 0 bridgehead atoms. The van der Waals surface area contributed by atoms with Crippen molar-refractivity contribution >= 4 is 11.6 Å². The van der Waals surface area contributed by atoms with Crippen LogP contribution >= 0.6 is 11.6 Å². The molecule has 0 aliphatic rings. The summed E-state index contributed by atoms with van der Waals surface area (Å²) in [5, 5.41) is 0.731. The van der Waals surface area contributed by atoms with Gasteiger partial charge in [0.1, 0.15) is 0 Å². The van der Waals surface area contributed by atoms with E-state index < -0.39 is 0 Å². The number of halogens is 1. The van der Waals surface area contributed by atoms with Crippen molar-refractivity contribution in [3.63, 3.8) is 0 Å². The molecular weight excluding hydrogens is 242 g/mol. The molecule has 0 radical (unpaired) electrons. The highest BCUT2D eigenvalue weighted by molar-refractivity contribution is 6.31. The second-order valence-corrected chi connectivity index (χ2v) is 5.49. The third kappa shape index (κ3) is 2.43. The Morgan fingerprint density at radius 2 is 1.50 bits per heavy atom. The van der Waals surface area contributed by atoms with Crippen LogP contribution in [0.1, 0.15) is 31.0 Å². The molecule has 0 amide bonds. The minimum Gasteiger partial charge on any atom is -0.323 e. The van der Waals surface area contributed by atoms with Crippen molar-refractivity contribution in [3.8, 4) is 0 Å². The maximum absolute atomic E-state index is 6.42. The molecule has 2 aromatic rings. The van der Waals surface area contributed by atoms with Crippen LogP contribution in [0.15, 0.2) is 54.6 Å². The van der Waals surface area contributed by atoms with E-state index in [0.29, 0.717) is 0 Å². The van der Waals surface area contributed by atoms with Gasteiger partial charge < -0.3 is 5.73 Å². The van der Waals surface area contributed by atoms with E-state index in [0.717, 1.165) is 10.6 Å². The lowest BCUT2D eigenvalue weighted by Gasteiger charge is -2.33. The zero-order valence-electron chi connectivity index (χ0n) is 10.7. The highest BCUT2D eigenvalue weighted by Gasteiger charge is 2.30. The molecule has 0 saturated heterocycles. The van der Waals surface area contributed by atoms with E-state index in [2.05, 4.69) is 26.0 Å². The zero-order chi connectivity index (χ0) is 13.2. The molecule has 2 aromatic carbocycles. The normalized spacial score (nSPS) is 13.3. The van der Waals surface area contributed by atoms with E-state index in [9.17, 15) is 0 Å². The standard InChI is InChI=1S/C16H18ClN/c1-16(2,12-8-4-3-5-9-12)15(18)13-10-6-7-11-14(13)17/h3-11,15H,18H2,1-2H3. The summed E-state index contributed by atoms with van der Waals surface area (Å²) in [5.41, 5.74) is 8.47. The van der Waals surface area contributed by atoms with Crippen molar-refractivity contribution in [1.29, 1.82) is 0 Å². The van der Waals surface area contributed by atoms with E-state index >= 15 is 0 Å². The molecule has 0 fully saturated rings. The van der Waals surface area contributed by atoms with Crippen molar-refractivity contribution in [2.45, 2.75) is 25.3 Å². The molecule has 1 atom stereocenters. The first-order chi connectivity index (χ1) is 8.53. The molecule has 1 nitrogen and oxygen atoms in total. The van der Waals surface area contributed by atoms with E-state index in [1.165, 1.54) is 5.56 Å². The maximum Gasteiger partial charge on any atom is 0.0454 e. The second kappa shape index (κ2) is 5.13. The van der Waals surface area contributed by atoms with E-state index in [1.54, 1.807) is 0 Å². The topological polar surface area (TPSA) is 26.0 Å². The van der Waals surface area contributed by atoms with Crippen molar-refractivity contribution in [2.75, 3.05) is 0 Å². The van der Waals surface area contributed by atoms with Crippen LogP contribution in [0.25, 0.3) is 0 Å². The van der Waals surface area contributed by atoms with E-state index in [-0.39, 0.29) is 11.5 Å². The summed E-state index contributed by atoms with van der Waals surface area (Å²) in [6.45, 7) is 4.30. The molecular formula is C16H18ClN. The Kier molecular flexibility index (Phi) is 3.74. The number of hydrogen-bond donors (Lipinski definition) is 1. The van der Waals surface area contributed by atoms with Gasteiger partial charge >= 0.3 is 0 Å². The average Bonchev–Trinajstić information content (AvgIpc) is 2.39. The Bertz CT molecular complexity index is 520. The lowest BCUT2D eigenvalue weighted by atomic mass is 9.75. The van der Waals surface area contributed by atoms with Crippen molar-refractivity contribution in [3.05, 3.63) is 70.7 Å². The van der Waals surface area contributed by atoms with Crippen molar-refractivity contribution < 1.29 is 0 Å². The highest BCUT2D eigenvalue weighted by atomic mass is 35.5. The molecule has 2 heteroatoms. The molecule has 2 N–H and O–H groups in total. The SMILES string of the molecule is CC(C)(c1ccccc1)C(N)c1ccccc1Cl. The van der Waals surface area contributed by atoms with E-state index in [4.69, 9.17) is 17.3 Å². The Labute approximate surface area is 114 Å². The Morgan fingerprint density at radius 3 is 2.11 bits per heavy atom. The van der Waals surface area contributed by atoms with Crippen LogP contribution in [-0.4, -0.2) is 0 Å². The van der Waals surface area contributed by atoms with Gasteiger partial charge in [0.2, 0.25) is 0 Å². The third-order valence-corrected chi connectivity index (χ3v) is 3.88. The maximum atomic E-state index is 6.42. The van der Waals surface area contributed by atoms with Gasteiger partial charge in [-0.05, 0) is 17.2 Å². The highest BCUT2D eigenvalue weighted by Crippen LogP contribution is 2.37. The van der Waals surface area contributed by atoms with Crippen LogP contribution < -0.4 is 5.73 Å². The van der Waals surface area contributed by atoms with Crippen LogP contribution in [0.3, 0.4) is 0 Å². The lowest BCUT2D eigenvalue weighted by Crippen LogP contribution is -2.33. The molecule has 0 aromatic heterocycles. The predicted octanol–water partition coefficient (Wildman–Crippen LogP) is 4.32. The lowest BCUT2D eigenvalue weighted by molar-refractivity contribution is 0.421. The Morgan fingerprint density at radius 1 is 0.944 bits per heavy atom. The van der Waals surface area contributed by atoms with Gasteiger partial charge in [0.15, 0.2) is 0 Å².